The Hall–Kier alpha value is -0.200. The van der Waals surface area contributed by atoms with Crippen LogP contribution < -0.4 is 0 Å². The highest BCUT2D eigenvalue weighted by Crippen LogP contribution is 2.39. The van der Waals surface area contributed by atoms with E-state index in [4.69, 9.17) is 23.7 Å². The van der Waals surface area contributed by atoms with E-state index in [0.717, 1.165) is 58.3 Å². The van der Waals surface area contributed by atoms with Crippen LogP contribution in [0.1, 0.15) is 59.3 Å². The first-order chi connectivity index (χ1) is 11.3. The lowest BCUT2D eigenvalue weighted by Gasteiger charge is -2.35. The van der Waals surface area contributed by atoms with Crippen LogP contribution in [-0.4, -0.2) is 57.1 Å². The SMILES string of the molecule is CCCCOC[C@H]1OC2O[C@@H]2[C@@H](OCCCC)[C@@H]1OCCCC. The molecule has 1 unspecified atom stereocenters. The van der Waals surface area contributed by atoms with E-state index in [9.17, 15) is 0 Å². The molecule has 5 heteroatoms. The third-order valence-electron chi connectivity index (χ3n) is 4.35. The van der Waals surface area contributed by atoms with Crippen molar-refractivity contribution in [1.82, 2.24) is 0 Å². The molecule has 2 heterocycles. The number of fused-ring (bicyclic) bond motifs is 1. The van der Waals surface area contributed by atoms with Crippen molar-refractivity contribution < 1.29 is 23.7 Å². The summed E-state index contributed by atoms with van der Waals surface area (Å²) in [6.07, 6.45) is 6.26. The molecule has 0 aromatic heterocycles. The summed E-state index contributed by atoms with van der Waals surface area (Å²) in [5.41, 5.74) is 0. The Morgan fingerprint density at radius 3 is 2.00 bits per heavy atom. The molecular weight excluding hydrogens is 296 g/mol. The zero-order chi connectivity index (χ0) is 16.5. The fraction of sp³-hybridized carbons (Fsp3) is 1.00. The Labute approximate surface area is 140 Å². The average Bonchev–Trinajstić information content (AvgIpc) is 3.32. The van der Waals surface area contributed by atoms with Gasteiger partial charge >= 0.3 is 0 Å². The van der Waals surface area contributed by atoms with Gasteiger partial charge in [0.05, 0.1) is 6.61 Å². The third kappa shape index (κ3) is 5.98. The van der Waals surface area contributed by atoms with E-state index in [2.05, 4.69) is 20.8 Å². The van der Waals surface area contributed by atoms with E-state index in [1.165, 1.54) is 0 Å². The fourth-order valence-electron chi connectivity index (χ4n) is 2.80. The lowest BCUT2D eigenvalue weighted by atomic mass is 10.0. The number of ether oxygens (including phenoxy) is 5. The number of unbranched alkanes of at least 4 members (excludes halogenated alkanes) is 3. The van der Waals surface area contributed by atoms with Crippen LogP contribution in [0.15, 0.2) is 0 Å². The smallest absolute Gasteiger partial charge is 0.187 e. The van der Waals surface area contributed by atoms with Gasteiger partial charge < -0.3 is 23.7 Å². The lowest BCUT2D eigenvalue weighted by Crippen LogP contribution is -2.52. The summed E-state index contributed by atoms with van der Waals surface area (Å²) in [6.45, 7) is 9.32. The van der Waals surface area contributed by atoms with Crippen molar-refractivity contribution in [2.24, 2.45) is 0 Å². The van der Waals surface area contributed by atoms with Crippen LogP contribution >= 0.6 is 0 Å². The van der Waals surface area contributed by atoms with Crippen LogP contribution in [0.5, 0.6) is 0 Å². The topological polar surface area (TPSA) is 49.5 Å². The molecule has 0 saturated carbocycles. The van der Waals surface area contributed by atoms with Crippen LogP contribution in [0, 0.1) is 0 Å². The predicted molar refractivity (Wildman–Crippen MR) is 88.6 cm³/mol. The Morgan fingerprint density at radius 2 is 1.35 bits per heavy atom. The van der Waals surface area contributed by atoms with E-state index >= 15 is 0 Å². The molecule has 136 valence electrons. The number of epoxide rings is 1. The maximum Gasteiger partial charge on any atom is 0.187 e. The molecule has 0 bridgehead atoms. The van der Waals surface area contributed by atoms with Gasteiger partial charge in [0.15, 0.2) is 6.29 Å². The molecule has 23 heavy (non-hydrogen) atoms. The van der Waals surface area contributed by atoms with E-state index in [-0.39, 0.29) is 30.7 Å². The fourth-order valence-corrected chi connectivity index (χ4v) is 2.80. The highest BCUT2D eigenvalue weighted by Gasteiger charge is 2.58. The van der Waals surface area contributed by atoms with Gasteiger partial charge in [-0.2, -0.15) is 0 Å². The third-order valence-corrected chi connectivity index (χ3v) is 4.35. The minimum atomic E-state index is -0.132. The van der Waals surface area contributed by atoms with Gasteiger partial charge in [0.2, 0.25) is 0 Å². The second kappa shape index (κ2) is 10.6. The Kier molecular flexibility index (Phi) is 8.83. The molecule has 0 aromatic rings. The van der Waals surface area contributed by atoms with Crippen molar-refractivity contribution >= 4 is 0 Å². The van der Waals surface area contributed by atoms with Crippen LogP contribution in [-0.2, 0) is 23.7 Å². The van der Waals surface area contributed by atoms with Gasteiger partial charge in [0.1, 0.15) is 24.4 Å². The molecule has 2 saturated heterocycles. The first-order valence-electron chi connectivity index (χ1n) is 9.43. The molecule has 0 amide bonds. The summed E-state index contributed by atoms with van der Waals surface area (Å²) < 4.78 is 29.6. The zero-order valence-corrected chi connectivity index (χ0v) is 15.0. The molecule has 0 N–H and O–H groups in total. The largest absolute Gasteiger partial charge is 0.379 e. The van der Waals surface area contributed by atoms with E-state index < -0.39 is 0 Å². The van der Waals surface area contributed by atoms with E-state index in [1.54, 1.807) is 0 Å². The molecule has 0 aliphatic carbocycles. The lowest BCUT2D eigenvalue weighted by molar-refractivity contribution is -0.185. The van der Waals surface area contributed by atoms with Crippen LogP contribution in [0.4, 0.5) is 0 Å². The number of hydrogen-bond donors (Lipinski definition) is 0. The maximum atomic E-state index is 6.12. The summed E-state index contributed by atoms with van der Waals surface area (Å²) in [4.78, 5) is 0. The van der Waals surface area contributed by atoms with Gasteiger partial charge in [-0.05, 0) is 19.3 Å². The second-order valence-electron chi connectivity index (χ2n) is 6.45. The minimum Gasteiger partial charge on any atom is -0.379 e. The maximum absolute atomic E-state index is 6.12. The Bertz CT molecular complexity index is 312. The normalized spacial score (nSPS) is 32.7. The standard InChI is InChI=1S/C18H34O5/c1-4-7-10-19-13-14-15(20-11-8-5-2)16(21-12-9-6-3)17-18(22-14)23-17/h14-18H,4-13H2,1-3H3/t14-,15-,16+,17-,18?/m1/s1. The summed E-state index contributed by atoms with van der Waals surface area (Å²) in [7, 11) is 0. The van der Waals surface area contributed by atoms with Gasteiger partial charge in [0, 0.05) is 19.8 Å². The van der Waals surface area contributed by atoms with Gasteiger partial charge in [0.25, 0.3) is 0 Å². The minimum absolute atomic E-state index is 0.0306. The second-order valence-corrected chi connectivity index (χ2v) is 6.45. The molecule has 5 atom stereocenters. The number of rotatable bonds is 13. The molecular formula is C18H34O5. The molecule has 2 rings (SSSR count). The monoisotopic (exact) mass is 330 g/mol. The van der Waals surface area contributed by atoms with Gasteiger partial charge in [-0.1, -0.05) is 40.0 Å². The highest BCUT2D eigenvalue weighted by molar-refractivity contribution is 4.99. The van der Waals surface area contributed by atoms with Crippen LogP contribution in [0.3, 0.4) is 0 Å². The average molecular weight is 330 g/mol. The molecule has 2 aliphatic heterocycles. The van der Waals surface area contributed by atoms with Crippen LogP contribution in [0.2, 0.25) is 0 Å². The molecule has 2 fully saturated rings. The predicted octanol–water partition coefficient (Wildman–Crippen LogP) is 3.30. The van der Waals surface area contributed by atoms with Crippen molar-refractivity contribution in [1.29, 1.82) is 0 Å². The molecule has 0 spiro atoms. The van der Waals surface area contributed by atoms with E-state index in [0.29, 0.717) is 6.61 Å². The van der Waals surface area contributed by atoms with Crippen molar-refractivity contribution in [2.75, 3.05) is 26.4 Å². The first-order valence-corrected chi connectivity index (χ1v) is 9.43. The van der Waals surface area contributed by atoms with E-state index in [1.807, 2.05) is 0 Å². The first kappa shape index (κ1) is 19.1. The van der Waals surface area contributed by atoms with Gasteiger partial charge in [-0.3, -0.25) is 0 Å². The van der Waals surface area contributed by atoms with Crippen molar-refractivity contribution in [2.45, 2.75) is 90.0 Å². The molecule has 0 aromatic carbocycles. The highest BCUT2D eigenvalue weighted by atomic mass is 16.8. The molecule has 5 nitrogen and oxygen atoms in total. The summed E-state index contributed by atoms with van der Waals surface area (Å²) >= 11 is 0. The van der Waals surface area contributed by atoms with Crippen molar-refractivity contribution in [3.05, 3.63) is 0 Å². The Balaban J connectivity index is 1.87. The van der Waals surface area contributed by atoms with Gasteiger partial charge in [-0.25, -0.2) is 0 Å². The Morgan fingerprint density at radius 1 is 0.739 bits per heavy atom. The number of hydrogen-bond acceptors (Lipinski definition) is 5. The summed E-state index contributed by atoms with van der Waals surface area (Å²) in [5, 5.41) is 0. The summed E-state index contributed by atoms with van der Waals surface area (Å²) in [6, 6.07) is 0. The molecule has 0 radical (unpaired) electrons. The molecule has 2 aliphatic rings. The summed E-state index contributed by atoms with van der Waals surface area (Å²) in [5.74, 6) is 0. The van der Waals surface area contributed by atoms with Crippen LogP contribution in [0.25, 0.3) is 0 Å². The zero-order valence-electron chi connectivity index (χ0n) is 15.0. The van der Waals surface area contributed by atoms with Crippen molar-refractivity contribution in [3.63, 3.8) is 0 Å². The van der Waals surface area contributed by atoms with Gasteiger partial charge in [-0.15, -0.1) is 0 Å². The van der Waals surface area contributed by atoms with Crippen molar-refractivity contribution in [3.8, 4) is 0 Å². The quantitative estimate of drug-likeness (QED) is 0.383.